The van der Waals surface area contributed by atoms with E-state index in [1.54, 1.807) is 0 Å². The summed E-state index contributed by atoms with van der Waals surface area (Å²) < 4.78 is 0. The third kappa shape index (κ3) is 3.64. The molecule has 0 aliphatic carbocycles. The maximum atomic E-state index is 5.80. The second kappa shape index (κ2) is 6.31. The summed E-state index contributed by atoms with van der Waals surface area (Å²) in [6, 6.07) is 10.4. The summed E-state index contributed by atoms with van der Waals surface area (Å²) in [5, 5.41) is 4.60. The molecule has 21 heavy (non-hydrogen) atoms. The lowest BCUT2D eigenvalue weighted by Crippen LogP contribution is -2.38. The third-order valence-electron chi connectivity index (χ3n) is 4.09. The molecule has 0 amide bonds. The van der Waals surface area contributed by atoms with Gasteiger partial charge < -0.3 is 16.0 Å². The Balaban J connectivity index is 1.65. The number of benzene rings is 1. The molecule has 4 nitrogen and oxygen atoms in total. The van der Waals surface area contributed by atoms with E-state index < -0.39 is 0 Å². The van der Waals surface area contributed by atoms with E-state index in [1.807, 2.05) is 24.3 Å². The number of nitrogens with zero attached hydrogens (tertiary/aromatic N) is 2. The van der Waals surface area contributed by atoms with Gasteiger partial charge >= 0.3 is 0 Å². The van der Waals surface area contributed by atoms with E-state index in [4.69, 9.17) is 5.73 Å². The second-order valence-corrected chi connectivity index (χ2v) is 6.06. The Morgan fingerprint density at radius 1 is 1.19 bits per heavy atom. The van der Waals surface area contributed by atoms with Crippen molar-refractivity contribution in [3.05, 3.63) is 30.3 Å². The average Bonchev–Trinajstić information content (AvgIpc) is 2.48. The molecule has 2 aromatic rings. The number of aromatic nitrogens is 1. The zero-order chi connectivity index (χ0) is 14.7. The normalized spacial score (nSPS) is 17.8. The molecular formula is C17H24N4. The highest BCUT2D eigenvalue weighted by molar-refractivity contribution is 5.83. The zero-order valence-electron chi connectivity index (χ0n) is 12.7. The quantitative estimate of drug-likeness (QED) is 0.847. The van der Waals surface area contributed by atoms with Crippen LogP contribution in [0.1, 0.15) is 26.2 Å². The lowest BCUT2D eigenvalue weighted by Gasteiger charge is -2.29. The summed E-state index contributed by atoms with van der Waals surface area (Å²) in [5.41, 5.74) is 7.56. The number of fused-ring (bicyclic) bond motifs is 1. The minimum atomic E-state index is 0.404. The number of nitrogen functional groups attached to an aromatic ring is 1. The molecule has 0 saturated carbocycles. The molecule has 1 saturated heterocycles. The largest absolute Gasteiger partial charge is 0.399 e. The minimum absolute atomic E-state index is 0.404. The molecule has 0 spiro atoms. The topological polar surface area (TPSA) is 54.2 Å². The summed E-state index contributed by atoms with van der Waals surface area (Å²) in [6.45, 7) is 5.78. The number of nitrogens with two attached hydrogens (primary N) is 1. The van der Waals surface area contributed by atoms with Gasteiger partial charge in [0, 0.05) is 23.7 Å². The van der Waals surface area contributed by atoms with Crippen LogP contribution in [-0.4, -0.2) is 35.6 Å². The number of likely N-dealkylation sites (tertiary alicyclic amines) is 1. The Morgan fingerprint density at radius 2 is 2.00 bits per heavy atom. The molecule has 1 aliphatic heterocycles. The Labute approximate surface area is 126 Å². The van der Waals surface area contributed by atoms with Crippen molar-refractivity contribution in [2.75, 3.05) is 30.7 Å². The molecule has 0 bridgehead atoms. The van der Waals surface area contributed by atoms with Crippen molar-refractivity contribution in [3.8, 4) is 0 Å². The van der Waals surface area contributed by atoms with Gasteiger partial charge in [-0.05, 0) is 63.2 Å². The SMILES string of the molecule is CC(CN1CCCCC1)Nc1ccc2cc(N)ccc2n1. The molecule has 0 radical (unpaired) electrons. The fourth-order valence-corrected chi connectivity index (χ4v) is 3.05. The number of hydrogen-bond acceptors (Lipinski definition) is 4. The number of hydrogen-bond donors (Lipinski definition) is 2. The van der Waals surface area contributed by atoms with Crippen molar-refractivity contribution in [1.82, 2.24) is 9.88 Å². The van der Waals surface area contributed by atoms with Gasteiger partial charge in [-0.15, -0.1) is 0 Å². The molecule has 4 heteroatoms. The van der Waals surface area contributed by atoms with E-state index in [0.717, 1.165) is 29.0 Å². The van der Waals surface area contributed by atoms with Crippen molar-refractivity contribution >= 4 is 22.4 Å². The van der Waals surface area contributed by atoms with Crippen molar-refractivity contribution in [2.24, 2.45) is 0 Å². The van der Waals surface area contributed by atoms with Crippen LogP contribution in [0.25, 0.3) is 10.9 Å². The van der Waals surface area contributed by atoms with E-state index in [2.05, 4.69) is 28.2 Å². The first-order valence-electron chi connectivity index (χ1n) is 7.86. The van der Waals surface area contributed by atoms with Gasteiger partial charge in [-0.1, -0.05) is 6.42 Å². The average molecular weight is 284 g/mol. The highest BCUT2D eigenvalue weighted by Gasteiger charge is 2.13. The highest BCUT2D eigenvalue weighted by atomic mass is 15.2. The van der Waals surface area contributed by atoms with Gasteiger partial charge in [0.15, 0.2) is 0 Å². The first-order valence-corrected chi connectivity index (χ1v) is 7.86. The molecule has 3 N–H and O–H groups in total. The summed E-state index contributed by atoms with van der Waals surface area (Å²) in [6.07, 6.45) is 4.05. The van der Waals surface area contributed by atoms with Crippen LogP contribution in [0.15, 0.2) is 30.3 Å². The Bertz CT molecular complexity index is 605. The zero-order valence-corrected chi connectivity index (χ0v) is 12.7. The van der Waals surface area contributed by atoms with Crippen LogP contribution < -0.4 is 11.1 Å². The third-order valence-corrected chi connectivity index (χ3v) is 4.09. The second-order valence-electron chi connectivity index (χ2n) is 6.06. The number of piperidine rings is 1. The lowest BCUT2D eigenvalue weighted by atomic mass is 10.1. The van der Waals surface area contributed by atoms with Gasteiger partial charge in [-0.3, -0.25) is 0 Å². The monoisotopic (exact) mass is 284 g/mol. The van der Waals surface area contributed by atoms with Gasteiger partial charge in [0.05, 0.1) is 5.52 Å². The van der Waals surface area contributed by atoms with Crippen molar-refractivity contribution in [3.63, 3.8) is 0 Å². The summed E-state index contributed by atoms with van der Waals surface area (Å²) in [7, 11) is 0. The Kier molecular flexibility index (Phi) is 4.25. The van der Waals surface area contributed by atoms with Gasteiger partial charge in [0.1, 0.15) is 5.82 Å². The maximum absolute atomic E-state index is 5.80. The van der Waals surface area contributed by atoms with Gasteiger partial charge in [0.2, 0.25) is 0 Å². The lowest BCUT2D eigenvalue weighted by molar-refractivity contribution is 0.223. The molecule has 1 fully saturated rings. The van der Waals surface area contributed by atoms with E-state index in [-0.39, 0.29) is 0 Å². The summed E-state index contributed by atoms with van der Waals surface area (Å²) >= 11 is 0. The fourth-order valence-electron chi connectivity index (χ4n) is 3.05. The summed E-state index contributed by atoms with van der Waals surface area (Å²) in [5.74, 6) is 0.941. The molecular weight excluding hydrogens is 260 g/mol. The smallest absolute Gasteiger partial charge is 0.126 e. The Hall–Kier alpha value is -1.81. The first kappa shape index (κ1) is 14.1. The van der Waals surface area contributed by atoms with Crippen LogP contribution in [0, 0.1) is 0 Å². The van der Waals surface area contributed by atoms with E-state index in [1.165, 1.54) is 32.4 Å². The fraction of sp³-hybridized carbons (Fsp3) is 0.471. The predicted molar refractivity (Wildman–Crippen MR) is 89.5 cm³/mol. The minimum Gasteiger partial charge on any atom is -0.399 e. The van der Waals surface area contributed by atoms with Crippen LogP contribution in [0.5, 0.6) is 0 Å². The Morgan fingerprint density at radius 3 is 2.81 bits per heavy atom. The molecule has 112 valence electrons. The first-order chi connectivity index (χ1) is 10.2. The summed E-state index contributed by atoms with van der Waals surface area (Å²) in [4.78, 5) is 7.21. The number of pyridine rings is 1. The van der Waals surface area contributed by atoms with Gasteiger partial charge in [0.25, 0.3) is 0 Å². The number of anilines is 2. The standard InChI is InChI=1S/C17H24N4/c1-13(12-21-9-3-2-4-10-21)19-17-8-5-14-11-15(18)6-7-16(14)20-17/h5-8,11,13H,2-4,9-10,12,18H2,1H3,(H,19,20). The molecule has 3 rings (SSSR count). The number of rotatable bonds is 4. The van der Waals surface area contributed by atoms with Gasteiger partial charge in [-0.2, -0.15) is 0 Å². The van der Waals surface area contributed by atoms with E-state index in [0.29, 0.717) is 6.04 Å². The van der Waals surface area contributed by atoms with Gasteiger partial charge in [-0.25, -0.2) is 4.98 Å². The van der Waals surface area contributed by atoms with Crippen LogP contribution in [0.2, 0.25) is 0 Å². The predicted octanol–water partition coefficient (Wildman–Crippen LogP) is 3.10. The molecule has 1 aromatic heterocycles. The van der Waals surface area contributed by atoms with E-state index >= 15 is 0 Å². The van der Waals surface area contributed by atoms with E-state index in [9.17, 15) is 0 Å². The molecule has 1 aromatic carbocycles. The van der Waals surface area contributed by atoms with Crippen molar-refractivity contribution in [2.45, 2.75) is 32.2 Å². The molecule has 1 unspecified atom stereocenters. The van der Waals surface area contributed by atoms with Crippen molar-refractivity contribution < 1.29 is 0 Å². The molecule has 1 atom stereocenters. The van der Waals surface area contributed by atoms with Crippen molar-refractivity contribution in [1.29, 1.82) is 0 Å². The highest BCUT2D eigenvalue weighted by Crippen LogP contribution is 2.18. The number of nitrogens with one attached hydrogen (secondary N) is 1. The van der Waals surface area contributed by atoms with Crippen LogP contribution in [-0.2, 0) is 0 Å². The van der Waals surface area contributed by atoms with Crippen LogP contribution in [0.3, 0.4) is 0 Å². The van der Waals surface area contributed by atoms with Crippen LogP contribution in [0.4, 0.5) is 11.5 Å². The maximum Gasteiger partial charge on any atom is 0.126 e. The van der Waals surface area contributed by atoms with Crippen LogP contribution >= 0.6 is 0 Å². The molecule has 1 aliphatic rings. The molecule has 2 heterocycles.